The lowest BCUT2D eigenvalue weighted by Gasteiger charge is -2.19. The van der Waals surface area contributed by atoms with E-state index in [0.29, 0.717) is 5.56 Å². The highest BCUT2D eigenvalue weighted by Crippen LogP contribution is 2.25. The minimum Gasteiger partial charge on any atom is -0.486 e. The number of hydrogen-bond donors (Lipinski definition) is 0. The number of carbonyl (C=O) groups excluding carboxylic acids is 1. The van der Waals surface area contributed by atoms with E-state index in [-0.39, 0.29) is 22.5 Å². The number of halogens is 4. The minimum atomic E-state index is -0.955. The van der Waals surface area contributed by atoms with Crippen LogP contribution in [0.3, 0.4) is 0 Å². The molecule has 2 rings (SSSR count). The van der Waals surface area contributed by atoms with Gasteiger partial charge in [-0.1, -0.05) is 23.2 Å². The van der Waals surface area contributed by atoms with E-state index in [2.05, 4.69) is 4.98 Å². The summed E-state index contributed by atoms with van der Waals surface area (Å²) in [5.74, 6) is -3.15. The van der Waals surface area contributed by atoms with Crippen LogP contribution in [0.5, 0.6) is 5.75 Å². The second-order valence-corrected chi connectivity index (χ2v) is 6.93. The molecule has 0 fully saturated rings. The molecule has 0 bridgehead atoms. The Hall–Kier alpha value is -1.92. The predicted octanol–water partition coefficient (Wildman–Crippen LogP) is 5.20. The van der Waals surface area contributed by atoms with Gasteiger partial charge in [-0.2, -0.15) is 0 Å². The van der Waals surface area contributed by atoms with Gasteiger partial charge in [0.2, 0.25) is 0 Å². The smallest absolute Gasteiger partial charge is 0.341 e. The third kappa shape index (κ3) is 5.28. The first-order chi connectivity index (χ1) is 11.6. The van der Waals surface area contributed by atoms with Crippen molar-refractivity contribution in [3.63, 3.8) is 0 Å². The maximum absolute atomic E-state index is 14.1. The second-order valence-electron chi connectivity index (χ2n) is 6.17. The van der Waals surface area contributed by atoms with Crippen molar-refractivity contribution in [3.05, 3.63) is 57.3 Å². The van der Waals surface area contributed by atoms with Crippen LogP contribution in [0.4, 0.5) is 8.78 Å². The molecule has 25 heavy (non-hydrogen) atoms. The summed E-state index contributed by atoms with van der Waals surface area (Å²) in [6, 6.07) is 3.03. The Morgan fingerprint density at radius 1 is 1.16 bits per heavy atom. The summed E-state index contributed by atoms with van der Waals surface area (Å²) in [4.78, 5) is 15.7. The molecular formula is C17H15Cl2F2NO3. The molecule has 1 aromatic heterocycles. The molecule has 0 spiro atoms. The molecule has 0 aliphatic carbocycles. The van der Waals surface area contributed by atoms with Crippen LogP contribution in [0.2, 0.25) is 10.2 Å². The first kappa shape index (κ1) is 19.4. The number of benzene rings is 1. The zero-order valence-corrected chi connectivity index (χ0v) is 15.2. The molecular weight excluding hydrogens is 375 g/mol. The highest BCUT2D eigenvalue weighted by Gasteiger charge is 2.23. The number of ether oxygens (including phenoxy) is 2. The lowest BCUT2D eigenvalue weighted by atomic mass is 10.1. The molecule has 0 aliphatic heterocycles. The van der Waals surface area contributed by atoms with Gasteiger partial charge in [-0.3, -0.25) is 0 Å². The van der Waals surface area contributed by atoms with Crippen LogP contribution in [0.25, 0.3) is 0 Å². The molecule has 4 nitrogen and oxygen atoms in total. The van der Waals surface area contributed by atoms with Crippen LogP contribution in [0.15, 0.2) is 24.4 Å². The van der Waals surface area contributed by atoms with Crippen LogP contribution >= 0.6 is 23.2 Å². The summed E-state index contributed by atoms with van der Waals surface area (Å²) < 4.78 is 38.5. The quantitative estimate of drug-likeness (QED) is 0.532. The lowest BCUT2D eigenvalue weighted by Crippen LogP contribution is -2.24. The van der Waals surface area contributed by atoms with Gasteiger partial charge < -0.3 is 9.47 Å². The maximum atomic E-state index is 14.1. The number of aromatic nitrogens is 1. The zero-order valence-electron chi connectivity index (χ0n) is 13.7. The third-order valence-electron chi connectivity index (χ3n) is 2.89. The first-order valence-corrected chi connectivity index (χ1v) is 7.97. The van der Waals surface area contributed by atoms with Crippen LogP contribution in [0, 0.1) is 11.6 Å². The summed E-state index contributed by atoms with van der Waals surface area (Å²) in [6.07, 6.45) is 1.40. The number of hydrogen-bond acceptors (Lipinski definition) is 4. The van der Waals surface area contributed by atoms with Crippen molar-refractivity contribution in [1.29, 1.82) is 0 Å². The number of esters is 1. The van der Waals surface area contributed by atoms with Gasteiger partial charge in [0, 0.05) is 17.8 Å². The molecule has 8 heteroatoms. The molecule has 0 aliphatic rings. The number of carbonyl (C=O) groups is 1. The van der Waals surface area contributed by atoms with Gasteiger partial charge in [-0.05, 0) is 32.9 Å². The van der Waals surface area contributed by atoms with Gasteiger partial charge in [0.1, 0.15) is 23.2 Å². The van der Waals surface area contributed by atoms with E-state index in [1.54, 1.807) is 20.8 Å². The molecule has 1 heterocycles. The summed E-state index contributed by atoms with van der Waals surface area (Å²) in [6.45, 7) is 4.78. The molecule has 0 saturated carbocycles. The van der Waals surface area contributed by atoms with E-state index in [9.17, 15) is 13.6 Å². The summed E-state index contributed by atoms with van der Waals surface area (Å²) in [5.41, 5.74) is -0.808. The highest BCUT2D eigenvalue weighted by molar-refractivity contribution is 6.41. The van der Waals surface area contributed by atoms with E-state index < -0.39 is 28.8 Å². The van der Waals surface area contributed by atoms with Gasteiger partial charge in [0.05, 0.1) is 10.6 Å². The van der Waals surface area contributed by atoms with Crippen molar-refractivity contribution >= 4 is 29.2 Å². The average Bonchev–Trinajstić information content (AvgIpc) is 2.49. The summed E-state index contributed by atoms with van der Waals surface area (Å²) >= 11 is 11.5. The van der Waals surface area contributed by atoms with Crippen molar-refractivity contribution in [1.82, 2.24) is 4.98 Å². The van der Waals surface area contributed by atoms with Crippen molar-refractivity contribution in [2.75, 3.05) is 0 Å². The Morgan fingerprint density at radius 3 is 2.44 bits per heavy atom. The van der Waals surface area contributed by atoms with E-state index in [0.717, 1.165) is 12.1 Å². The third-order valence-corrected chi connectivity index (χ3v) is 3.57. The van der Waals surface area contributed by atoms with Crippen molar-refractivity contribution in [3.8, 4) is 5.75 Å². The predicted molar refractivity (Wildman–Crippen MR) is 90.1 cm³/mol. The number of nitrogens with zero attached hydrogens (tertiary/aromatic N) is 1. The normalized spacial score (nSPS) is 11.3. The van der Waals surface area contributed by atoms with E-state index in [1.165, 1.54) is 12.3 Å². The topological polar surface area (TPSA) is 48.4 Å². The van der Waals surface area contributed by atoms with Gasteiger partial charge in [0.15, 0.2) is 11.6 Å². The fourth-order valence-electron chi connectivity index (χ4n) is 1.83. The molecule has 0 unspecified atom stereocenters. The van der Waals surface area contributed by atoms with Crippen LogP contribution in [0.1, 0.15) is 36.7 Å². The number of rotatable bonds is 4. The Bertz CT molecular complexity index is 807. The van der Waals surface area contributed by atoms with Crippen molar-refractivity contribution in [2.45, 2.75) is 33.0 Å². The summed E-state index contributed by atoms with van der Waals surface area (Å²) in [7, 11) is 0. The number of pyridine rings is 1. The van der Waals surface area contributed by atoms with Gasteiger partial charge in [-0.15, -0.1) is 0 Å². The largest absolute Gasteiger partial charge is 0.486 e. The fourth-order valence-corrected chi connectivity index (χ4v) is 2.12. The van der Waals surface area contributed by atoms with Crippen molar-refractivity contribution < 1.29 is 23.0 Å². The molecule has 134 valence electrons. The SMILES string of the molecule is CC(C)(C)OC(=O)c1cc(F)c(OCc2cnc(Cl)c(Cl)c2)cc1F. The van der Waals surface area contributed by atoms with Crippen LogP contribution < -0.4 is 4.74 Å². The average molecular weight is 390 g/mol. The van der Waals surface area contributed by atoms with Crippen LogP contribution in [-0.2, 0) is 11.3 Å². The lowest BCUT2D eigenvalue weighted by molar-refractivity contribution is 0.00640. The standard InChI is InChI=1S/C17H15Cl2F2NO3/c1-17(2,3)25-16(23)10-5-13(21)14(6-12(10)20)24-8-9-4-11(18)15(19)22-7-9/h4-7H,8H2,1-3H3. The van der Waals surface area contributed by atoms with E-state index >= 15 is 0 Å². The van der Waals surface area contributed by atoms with Crippen molar-refractivity contribution in [2.24, 2.45) is 0 Å². The van der Waals surface area contributed by atoms with Crippen LogP contribution in [-0.4, -0.2) is 16.6 Å². The molecule has 0 radical (unpaired) electrons. The monoisotopic (exact) mass is 389 g/mol. The first-order valence-electron chi connectivity index (χ1n) is 7.22. The summed E-state index contributed by atoms with van der Waals surface area (Å²) in [5, 5.41) is 0.346. The molecule has 0 N–H and O–H groups in total. The molecule has 1 aromatic carbocycles. The highest BCUT2D eigenvalue weighted by atomic mass is 35.5. The molecule has 2 aromatic rings. The Balaban J connectivity index is 2.16. The molecule has 0 saturated heterocycles. The van der Waals surface area contributed by atoms with Gasteiger partial charge in [-0.25, -0.2) is 18.6 Å². The van der Waals surface area contributed by atoms with E-state index in [4.69, 9.17) is 32.7 Å². The van der Waals surface area contributed by atoms with E-state index in [1.807, 2.05) is 0 Å². The maximum Gasteiger partial charge on any atom is 0.341 e. The molecule has 0 atom stereocenters. The Labute approximate surface area is 153 Å². The minimum absolute atomic E-state index is 0.105. The van der Waals surface area contributed by atoms with Gasteiger partial charge in [0.25, 0.3) is 0 Å². The second kappa shape index (κ2) is 7.54. The molecule has 0 amide bonds. The zero-order chi connectivity index (χ0) is 18.8. The Morgan fingerprint density at radius 2 is 1.84 bits per heavy atom. The Kier molecular flexibility index (Phi) is 5.85. The van der Waals surface area contributed by atoms with Gasteiger partial charge >= 0.3 is 5.97 Å². The fraction of sp³-hybridized carbons (Fsp3) is 0.294.